The maximum absolute atomic E-state index is 10.3. The summed E-state index contributed by atoms with van der Waals surface area (Å²) >= 11 is 0. The summed E-state index contributed by atoms with van der Waals surface area (Å²) < 4.78 is 5.34. The van der Waals surface area contributed by atoms with Crippen molar-refractivity contribution in [3.8, 4) is 5.75 Å². The number of aliphatic hydroxyl groups excluding tert-OH is 1. The van der Waals surface area contributed by atoms with Crippen LogP contribution in [-0.2, 0) is 0 Å². The van der Waals surface area contributed by atoms with Crippen molar-refractivity contribution in [3.05, 3.63) is 30.5 Å². The quantitative estimate of drug-likeness (QED) is 0.784. The number of likely N-dealkylation sites (N-methyl/N-ethyl adjacent to an activating group) is 1. The monoisotopic (exact) mass is 317 g/mol. The first kappa shape index (κ1) is 17.5. The molecule has 126 valence electrons. The van der Waals surface area contributed by atoms with E-state index in [4.69, 9.17) is 4.74 Å². The Morgan fingerprint density at radius 1 is 1.35 bits per heavy atom. The van der Waals surface area contributed by atoms with Crippen LogP contribution in [0, 0.1) is 0 Å². The zero-order chi connectivity index (χ0) is 16.8. The van der Waals surface area contributed by atoms with Crippen LogP contribution in [0.1, 0.15) is 20.8 Å². The van der Waals surface area contributed by atoms with Gasteiger partial charge in [-0.2, -0.15) is 0 Å². The molecule has 0 bridgehead atoms. The van der Waals surface area contributed by atoms with Crippen LogP contribution in [0.5, 0.6) is 5.75 Å². The van der Waals surface area contributed by atoms with Gasteiger partial charge in [-0.15, -0.1) is 0 Å². The predicted octanol–water partition coefficient (Wildman–Crippen LogP) is 2.75. The lowest BCUT2D eigenvalue weighted by molar-refractivity contribution is 0.107. The number of rotatable bonds is 8. The lowest BCUT2D eigenvalue weighted by Gasteiger charge is -2.27. The molecule has 2 rings (SSSR count). The SMILES string of the molecule is CCN(CC(O)CNc1cc(OC)cc2cccnc12)C(C)C. The van der Waals surface area contributed by atoms with E-state index in [1.807, 2.05) is 24.3 Å². The number of fused-ring (bicyclic) bond motifs is 1. The molecule has 1 unspecified atom stereocenters. The molecule has 2 N–H and O–H groups in total. The smallest absolute Gasteiger partial charge is 0.121 e. The van der Waals surface area contributed by atoms with E-state index in [0.717, 1.165) is 28.9 Å². The third-order valence-electron chi connectivity index (χ3n) is 4.02. The van der Waals surface area contributed by atoms with Crippen LogP contribution in [0.3, 0.4) is 0 Å². The van der Waals surface area contributed by atoms with Gasteiger partial charge in [-0.05, 0) is 32.5 Å². The summed E-state index contributed by atoms with van der Waals surface area (Å²) in [6, 6.07) is 8.21. The maximum atomic E-state index is 10.3. The molecule has 2 aromatic rings. The van der Waals surface area contributed by atoms with Gasteiger partial charge < -0.3 is 15.2 Å². The van der Waals surface area contributed by atoms with Gasteiger partial charge in [-0.25, -0.2) is 0 Å². The molecule has 23 heavy (non-hydrogen) atoms. The summed E-state index contributed by atoms with van der Waals surface area (Å²) in [5, 5.41) is 14.6. The van der Waals surface area contributed by atoms with Crippen LogP contribution in [0.25, 0.3) is 10.9 Å². The first-order chi connectivity index (χ1) is 11.0. The average molecular weight is 317 g/mol. The van der Waals surface area contributed by atoms with E-state index < -0.39 is 6.10 Å². The van der Waals surface area contributed by atoms with Gasteiger partial charge in [0.25, 0.3) is 0 Å². The number of anilines is 1. The lowest BCUT2D eigenvalue weighted by Crippen LogP contribution is -2.39. The molecule has 5 nitrogen and oxygen atoms in total. The summed E-state index contributed by atoms with van der Waals surface area (Å²) in [7, 11) is 1.65. The fourth-order valence-corrected chi connectivity index (χ4v) is 2.69. The largest absolute Gasteiger partial charge is 0.497 e. The minimum absolute atomic E-state index is 0.425. The normalized spacial score (nSPS) is 12.8. The highest BCUT2D eigenvalue weighted by atomic mass is 16.5. The van der Waals surface area contributed by atoms with Gasteiger partial charge in [0.15, 0.2) is 0 Å². The standard InChI is InChI=1S/C18H27N3O2/c1-5-21(13(2)3)12-15(22)11-20-17-10-16(23-4)9-14-7-6-8-19-18(14)17/h6-10,13,15,20,22H,5,11-12H2,1-4H3. The molecular weight excluding hydrogens is 290 g/mol. The highest BCUT2D eigenvalue weighted by molar-refractivity contribution is 5.91. The second-order valence-corrected chi connectivity index (χ2v) is 5.97. The van der Waals surface area contributed by atoms with Crippen LogP contribution >= 0.6 is 0 Å². The number of ether oxygens (including phenoxy) is 1. The molecule has 1 heterocycles. The summed E-state index contributed by atoms with van der Waals surface area (Å²) in [6.45, 7) is 8.45. The molecule has 0 saturated heterocycles. The lowest BCUT2D eigenvalue weighted by atomic mass is 10.1. The molecule has 0 fully saturated rings. The van der Waals surface area contributed by atoms with Crippen molar-refractivity contribution < 1.29 is 9.84 Å². The topological polar surface area (TPSA) is 57.6 Å². The summed E-state index contributed by atoms with van der Waals surface area (Å²) in [5.74, 6) is 0.778. The van der Waals surface area contributed by atoms with Crippen molar-refractivity contribution in [2.75, 3.05) is 32.1 Å². The number of pyridine rings is 1. The Morgan fingerprint density at radius 3 is 2.78 bits per heavy atom. The number of benzene rings is 1. The molecule has 0 amide bonds. The first-order valence-corrected chi connectivity index (χ1v) is 8.13. The highest BCUT2D eigenvalue weighted by Gasteiger charge is 2.14. The van der Waals surface area contributed by atoms with Gasteiger partial charge in [0.05, 0.1) is 24.4 Å². The number of hydrogen-bond acceptors (Lipinski definition) is 5. The van der Waals surface area contributed by atoms with E-state index >= 15 is 0 Å². The van der Waals surface area contributed by atoms with Crippen LogP contribution in [0.4, 0.5) is 5.69 Å². The van der Waals surface area contributed by atoms with Crippen LogP contribution in [-0.4, -0.2) is 53.9 Å². The maximum Gasteiger partial charge on any atom is 0.121 e. The fraction of sp³-hybridized carbons (Fsp3) is 0.500. The Labute approximate surface area is 138 Å². The van der Waals surface area contributed by atoms with E-state index in [9.17, 15) is 5.11 Å². The number of nitrogens with one attached hydrogen (secondary N) is 1. The second kappa shape index (κ2) is 8.13. The van der Waals surface area contributed by atoms with E-state index in [2.05, 4.69) is 36.0 Å². The van der Waals surface area contributed by atoms with Gasteiger partial charge in [0.2, 0.25) is 0 Å². The Kier molecular flexibility index (Phi) is 6.19. The number of nitrogens with zero attached hydrogens (tertiary/aromatic N) is 2. The van der Waals surface area contributed by atoms with E-state index in [-0.39, 0.29) is 0 Å². The highest BCUT2D eigenvalue weighted by Crippen LogP contribution is 2.27. The molecule has 1 atom stereocenters. The molecule has 0 radical (unpaired) electrons. The van der Waals surface area contributed by atoms with E-state index in [0.29, 0.717) is 19.1 Å². The van der Waals surface area contributed by atoms with Crippen molar-refractivity contribution >= 4 is 16.6 Å². The van der Waals surface area contributed by atoms with Crippen molar-refractivity contribution in [3.63, 3.8) is 0 Å². The van der Waals surface area contributed by atoms with Crippen LogP contribution in [0.15, 0.2) is 30.5 Å². The van der Waals surface area contributed by atoms with Crippen molar-refractivity contribution in [1.29, 1.82) is 0 Å². The van der Waals surface area contributed by atoms with Crippen molar-refractivity contribution in [2.45, 2.75) is 32.9 Å². The molecule has 0 aliphatic heterocycles. The molecule has 0 saturated carbocycles. The number of aromatic nitrogens is 1. The number of methoxy groups -OCH3 is 1. The minimum Gasteiger partial charge on any atom is -0.497 e. The summed E-state index contributed by atoms with van der Waals surface area (Å²) in [5.41, 5.74) is 1.77. The van der Waals surface area contributed by atoms with Gasteiger partial charge in [0.1, 0.15) is 5.75 Å². The van der Waals surface area contributed by atoms with Gasteiger partial charge >= 0.3 is 0 Å². The minimum atomic E-state index is -0.442. The third-order valence-corrected chi connectivity index (χ3v) is 4.02. The van der Waals surface area contributed by atoms with Crippen molar-refractivity contribution in [2.24, 2.45) is 0 Å². The summed E-state index contributed by atoms with van der Waals surface area (Å²) in [4.78, 5) is 6.67. The molecular formula is C18H27N3O2. The summed E-state index contributed by atoms with van der Waals surface area (Å²) in [6.07, 6.45) is 1.33. The van der Waals surface area contributed by atoms with Gasteiger partial charge in [-0.1, -0.05) is 13.0 Å². The first-order valence-electron chi connectivity index (χ1n) is 8.13. The molecule has 5 heteroatoms. The number of hydrogen-bond donors (Lipinski definition) is 2. The molecule has 1 aromatic carbocycles. The predicted molar refractivity (Wildman–Crippen MR) is 95.2 cm³/mol. The third kappa shape index (κ3) is 4.56. The molecule has 0 aliphatic carbocycles. The Hall–Kier alpha value is -1.85. The zero-order valence-electron chi connectivity index (χ0n) is 14.4. The van der Waals surface area contributed by atoms with Gasteiger partial charge in [-0.3, -0.25) is 9.88 Å². The second-order valence-electron chi connectivity index (χ2n) is 5.97. The van der Waals surface area contributed by atoms with Crippen LogP contribution < -0.4 is 10.1 Å². The van der Waals surface area contributed by atoms with E-state index in [1.54, 1.807) is 13.3 Å². The van der Waals surface area contributed by atoms with E-state index in [1.165, 1.54) is 0 Å². The molecule has 0 spiro atoms. The zero-order valence-corrected chi connectivity index (χ0v) is 14.4. The molecule has 0 aliphatic rings. The Balaban J connectivity index is 2.09. The van der Waals surface area contributed by atoms with Gasteiger partial charge in [0, 0.05) is 36.8 Å². The Bertz CT molecular complexity index is 631. The molecule has 1 aromatic heterocycles. The van der Waals surface area contributed by atoms with Crippen molar-refractivity contribution in [1.82, 2.24) is 9.88 Å². The Morgan fingerprint density at radius 2 is 2.13 bits per heavy atom. The van der Waals surface area contributed by atoms with Crippen LogP contribution in [0.2, 0.25) is 0 Å². The average Bonchev–Trinajstić information content (AvgIpc) is 2.56. The fourth-order valence-electron chi connectivity index (χ4n) is 2.69. The number of aliphatic hydroxyl groups is 1.